The fraction of sp³-hybridized carbons (Fsp3) is 0.312. The number of amides is 2. The molecular weight excluding hydrogens is 359 g/mol. The van der Waals surface area contributed by atoms with Crippen LogP contribution in [-0.4, -0.2) is 65.0 Å². The zero-order valence-electron chi connectivity index (χ0n) is 14.9. The molecule has 1 aliphatic heterocycles. The average Bonchev–Trinajstić information content (AvgIpc) is 3.25. The van der Waals surface area contributed by atoms with E-state index in [1.807, 2.05) is 0 Å². The third-order valence-electron chi connectivity index (χ3n) is 4.02. The van der Waals surface area contributed by atoms with Gasteiger partial charge in [0.2, 0.25) is 5.91 Å². The van der Waals surface area contributed by atoms with Crippen molar-refractivity contribution in [2.75, 3.05) is 25.6 Å². The number of rotatable bonds is 5. The zero-order chi connectivity index (χ0) is 19.6. The first-order chi connectivity index (χ1) is 12.9. The van der Waals surface area contributed by atoms with Crippen LogP contribution in [0.1, 0.15) is 12.6 Å². The SMILES string of the molecule is CON=Cc1cn(-c2ccc(N3CC(N(C)C(C)=O)OC3=O)cc2F)nn1. The maximum Gasteiger partial charge on any atom is 0.416 e. The number of carbonyl (C=O) groups excluding carboxylic acids is 2. The highest BCUT2D eigenvalue weighted by Crippen LogP contribution is 2.26. The Balaban J connectivity index is 1.81. The minimum absolute atomic E-state index is 0.106. The van der Waals surface area contributed by atoms with Gasteiger partial charge in [0, 0.05) is 14.0 Å². The minimum Gasteiger partial charge on any atom is -0.423 e. The molecule has 2 aromatic rings. The lowest BCUT2D eigenvalue weighted by atomic mass is 10.2. The van der Waals surface area contributed by atoms with Crippen molar-refractivity contribution in [3.05, 3.63) is 35.9 Å². The van der Waals surface area contributed by atoms with Gasteiger partial charge in [-0.1, -0.05) is 10.4 Å². The number of oxime groups is 1. The molecule has 1 unspecified atom stereocenters. The number of hydrogen-bond acceptors (Lipinski definition) is 7. The van der Waals surface area contributed by atoms with Crippen LogP contribution in [0.5, 0.6) is 0 Å². The third kappa shape index (κ3) is 3.71. The largest absolute Gasteiger partial charge is 0.423 e. The molecular formula is C16H17FN6O4. The van der Waals surface area contributed by atoms with Crippen molar-refractivity contribution in [1.82, 2.24) is 19.9 Å². The molecule has 0 N–H and O–H groups in total. The number of halogens is 1. The summed E-state index contributed by atoms with van der Waals surface area (Å²) in [5.74, 6) is -0.848. The molecule has 2 amide bonds. The Labute approximate surface area is 153 Å². The van der Waals surface area contributed by atoms with Crippen molar-refractivity contribution >= 4 is 23.9 Å². The molecule has 1 atom stereocenters. The van der Waals surface area contributed by atoms with Crippen molar-refractivity contribution < 1.29 is 23.6 Å². The van der Waals surface area contributed by atoms with E-state index >= 15 is 0 Å². The van der Waals surface area contributed by atoms with Crippen LogP contribution in [-0.2, 0) is 14.4 Å². The van der Waals surface area contributed by atoms with Gasteiger partial charge >= 0.3 is 6.09 Å². The van der Waals surface area contributed by atoms with E-state index in [4.69, 9.17) is 4.74 Å². The summed E-state index contributed by atoms with van der Waals surface area (Å²) in [7, 11) is 2.92. The summed E-state index contributed by atoms with van der Waals surface area (Å²) in [4.78, 5) is 30.6. The molecule has 142 valence electrons. The summed E-state index contributed by atoms with van der Waals surface area (Å²) < 4.78 is 21.0. The van der Waals surface area contributed by atoms with Crippen LogP contribution < -0.4 is 4.90 Å². The fourth-order valence-electron chi connectivity index (χ4n) is 2.47. The number of likely N-dealkylation sites (N-methyl/N-ethyl adjacent to an activating group) is 1. The van der Waals surface area contributed by atoms with Crippen molar-refractivity contribution in [2.45, 2.75) is 13.2 Å². The van der Waals surface area contributed by atoms with Gasteiger partial charge in [-0.3, -0.25) is 9.69 Å². The predicted molar refractivity (Wildman–Crippen MR) is 92.0 cm³/mol. The highest BCUT2D eigenvalue weighted by molar-refractivity contribution is 5.90. The second-order valence-corrected chi connectivity index (χ2v) is 5.72. The fourth-order valence-corrected chi connectivity index (χ4v) is 2.47. The first kappa shape index (κ1) is 18.3. The van der Waals surface area contributed by atoms with Gasteiger partial charge < -0.3 is 14.5 Å². The molecule has 1 aromatic carbocycles. The number of aromatic nitrogens is 3. The van der Waals surface area contributed by atoms with Gasteiger partial charge in [0.25, 0.3) is 0 Å². The lowest BCUT2D eigenvalue weighted by Crippen LogP contribution is -2.38. The predicted octanol–water partition coefficient (Wildman–Crippen LogP) is 1.15. The van der Waals surface area contributed by atoms with E-state index in [-0.39, 0.29) is 18.1 Å². The summed E-state index contributed by atoms with van der Waals surface area (Å²) in [6, 6.07) is 4.21. The Kier molecular flexibility index (Phi) is 5.01. The van der Waals surface area contributed by atoms with Crippen LogP contribution >= 0.6 is 0 Å². The lowest BCUT2D eigenvalue weighted by molar-refractivity contribution is -0.134. The van der Waals surface area contributed by atoms with E-state index in [9.17, 15) is 14.0 Å². The van der Waals surface area contributed by atoms with Crippen LogP contribution in [0.25, 0.3) is 5.69 Å². The molecule has 0 aliphatic carbocycles. The molecule has 1 aromatic heterocycles. The van der Waals surface area contributed by atoms with Crippen LogP contribution in [0.4, 0.5) is 14.9 Å². The van der Waals surface area contributed by atoms with Gasteiger partial charge in [-0.15, -0.1) is 5.10 Å². The number of benzene rings is 1. The first-order valence-corrected chi connectivity index (χ1v) is 7.91. The first-order valence-electron chi connectivity index (χ1n) is 7.91. The Bertz CT molecular complexity index is 899. The Morgan fingerprint density at radius 3 is 2.96 bits per heavy atom. The zero-order valence-corrected chi connectivity index (χ0v) is 14.9. The van der Waals surface area contributed by atoms with Crippen molar-refractivity contribution in [2.24, 2.45) is 5.16 Å². The number of anilines is 1. The van der Waals surface area contributed by atoms with Crippen molar-refractivity contribution in [3.63, 3.8) is 0 Å². The maximum absolute atomic E-state index is 14.6. The molecule has 11 heteroatoms. The molecule has 0 saturated carbocycles. The molecule has 0 radical (unpaired) electrons. The summed E-state index contributed by atoms with van der Waals surface area (Å²) in [6.07, 6.45) is 1.43. The molecule has 27 heavy (non-hydrogen) atoms. The van der Waals surface area contributed by atoms with Gasteiger partial charge in [0.05, 0.1) is 24.6 Å². The highest BCUT2D eigenvalue weighted by atomic mass is 19.1. The number of hydrogen-bond donors (Lipinski definition) is 0. The van der Waals surface area contributed by atoms with Crippen molar-refractivity contribution in [3.8, 4) is 5.69 Å². The lowest BCUT2D eigenvalue weighted by Gasteiger charge is -2.20. The van der Waals surface area contributed by atoms with E-state index in [2.05, 4.69) is 20.3 Å². The number of nitrogens with zero attached hydrogens (tertiary/aromatic N) is 6. The average molecular weight is 376 g/mol. The van der Waals surface area contributed by atoms with Crippen LogP contribution in [0.3, 0.4) is 0 Å². The normalized spacial score (nSPS) is 16.7. The van der Waals surface area contributed by atoms with E-state index in [0.717, 1.165) is 0 Å². The van der Waals surface area contributed by atoms with Crippen LogP contribution in [0.15, 0.2) is 29.6 Å². The topological polar surface area (TPSA) is 102 Å². The summed E-state index contributed by atoms with van der Waals surface area (Å²) >= 11 is 0. The molecule has 3 rings (SSSR count). The van der Waals surface area contributed by atoms with Crippen LogP contribution in [0, 0.1) is 5.82 Å². The number of cyclic esters (lactones) is 1. The van der Waals surface area contributed by atoms with Crippen molar-refractivity contribution in [1.29, 1.82) is 0 Å². The molecule has 2 heterocycles. The van der Waals surface area contributed by atoms with Gasteiger partial charge in [-0.2, -0.15) is 0 Å². The summed E-state index contributed by atoms with van der Waals surface area (Å²) in [5, 5.41) is 11.2. The van der Waals surface area contributed by atoms with E-state index in [0.29, 0.717) is 11.4 Å². The van der Waals surface area contributed by atoms with E-state index in [1.165, 1.54) is 60.1 Å². The Morgan fingerprint density at radius 2 is 2.30 bits per heavy atom. The van der Waals surface area contributed by atoms with Gasteiger partial charge in [-0.25, -0.2) is 13.9 Å². The third-order valence-corrected chi connectivity index (χ3v) is 4.02. The van der Waals surface area contributed by atoms with Gasteiger partial charge in [0.1, 0.15) is 18.5 Å². The maximum atomic E-state index is 14.6. The summed E-state index contributed by atoms with van der Waals surface area (Å²) in [5.41, 5.74) is 0.842. The highest BCUT2D eigenvalue weighted by Gasteiger charge is 2.36. The van der Waals surface area contributed by atoms with Crippen LogP contribution in [0.2, 0.25) is 0 Å². The molecule has 10 nitrogen and oxygen atoms in total. The summed E-state index contributed by atoms with van der Waals surface area (Å²) in [6.45, 7) is 1.48. The quantitative estimate of drug-likeness (QED) is 0.573. The molecule has 1 fully saturated rings. The van der Waals surface area contributed by atoms with E-state index in [1.54, 1.807) is 6.07 Å². The molecule has 0 bridgehead atoms. The number of carbonyl (C=O) groups is 2. The van der Waals surface area contributed by atoms with Gasteiger partial charge in [-0.05, 0) is 18.2 Å². The molecule has 0 spiro atoms. The second kappa shape index (κ2) is 7.40. The minimum atomic E-state index is -0.726. The number of ether oxygens (including phenoxy) is 1. The standard InChI is InChI=1S/C16H17FN6O4/c1-10(24)21(2)15-9-22(16(25)27-15)12-4-5-14(13(17)6-12)23-8-11(19-20-23)7-18-26-3/h4-8,15H,9H2,1-3H3. The van der Waals surface area contributed by atoms with E-state index < -0.39 is 18.1 Å². The second-order valence-electron chi connectivity index (χ2n) is 5.72. The monoisotopic (exact) mass is 376 g/mol. The Morgan fingerprint density at radius 1 is 1.52 bits per heavy atom. The Hall–Kier alpha value is -3.50. The van der Waals surface area contributed by atoms with Gasteiger partial charge in [0.15, 0.2) is 12.0 Å². The molecule has 1 aliphatic rings. The smallest absolute Gasteiger partial charge is 0.416 e. The molecule has 1 saturated heterocycles.